The SMILES string of the molecule is CCN(CCC#N)Cc1ccc(C(=O)NN)o1. The topological polar surface area (TPSA) is 95.3 Å². The maximum absolute atomic E-state index is 11.2. The van der Waals surface area contributed by atoms with E-state index in [1.54, 1.807) is 12.1 Å². The van der Waals surface area contributed by atoms with Crippen molar-refractivity contribution < 1.29 is 9.21 Å². The summed E-state index contributed by atoms with van der Waals surface area (Å²) in [6.45, 7) is 4.09. The van der Waals surface area contributed by atoms with E-state index in [4.69, 9.17) is 15.5 Å². The Balaban J connectivity index is 2.58. The van der Waals surface area contributed by atoms with Crippen LogP contribution in [0.5, 0.6) is 0 Å². The van der Waals surface area contributed by atoms with Crippen LogP contribution in [0, 0.1) is 11.3 Å². The number of nitriles is 1. The molecule has 0 fully saturated rings. The molecule has 0 aliphatic heterocycles. The molecule has 1 aromatic rings. The standard InChI is InChI=1S/C11H16N4O2/c1-2-15(7-3-6-12)8-9-4-5-10(17-9)11(16)14-13/h4-5H,2-3,7-8,13H2,1H3,(H,14,16). The van der Waals surface area contributed by atoms with E-state index in [-0.39, 0.29) is 5.76 Å². The number of nitrogens with zero attached hydrogens (tertiary/aromatic N) is 2. The van der Waals surface area contributed by atoms with E-state index in [9.17, 15) is 4.79 Å². The molecule has 3 N–H and O–H groups in total. The summed E-state index contributed by atoms with van der Waals surface area (Å²) >= 11 is 0. The number of rotatable bonds is 6. The lowest BCUT2D eigenvalue weighted by atomic mass is 10.3. The van der Waals surface area contributed by atoms with Gasteiger partial charge in [-0.05, 0) is 18.7 Å². The van der Waals surface area contributed by atoms with Gasteiger partial charge in [-0.15, -0.1) is 0 Å². The number of furan rings is 1. The summed E-state index contributed by atoms with van der Waals surface area (Å²) in [4.78, 5) is 13.2. The largest absolute Gasteiger partial charge is 0.455 e. The lowest BCUT2D eigenvalue weighted by Crippen LogP contribution is -2.29. The third kappa shape index (κ3) is 3.90. The first kappa shape index (κ1) is 13.2. The molecule has 17 heavy (non-hydrogen) atoms. The number of hydrogen-bond donors (Lipinski definition) is 2. The highest BCUT2D eigenvalue weighted by Crippen LogP contribution is 2.10. The maximum atomic E-state index is 11.2. The first-order valence-electron chi connectivity index (χ1n) is 5.40. The van der Waals surface area contributed by atoms with Gasteiger partial charge in [0.1, 0.15) is 5.76 Å². The second-order valence-corrected chi connectivity index (χ2v) is 3.52. The van der Waals surface area contributed by atoms with Crippen LogP contribution < -0.4 is 11.3 Å². The summed E-state index contributed by atoms with van der Waals surface area (Å²) in [7, 11) is 0. The van der Waals surface area contributed by atoms with Gasteiger partial charge in [-0.25, -0.2) is 5.84 Å². The number of nitrogen functional groups attached to an aromatic ring is 1. The Morgan fingerprint density at radius 3 is 3.00 bits per heavy atom. The van der Waals surface area contributed by atoms with Crippen molar-refractivity contribution in [3.63, 3.8) is 0 Å². The average Bonchev–Trinajstić information content (AvgIpc) is 2.81. The van der Waals surface area contributed by atoms with Gasteiger partial charge in [-0.2, -0.15) is 5.26 Å². The van der Waals surface area contributed by atoms with Crippen LogP contribution in [-0.2, 0) is 6.54 Å². The summed E-state index contributed by atoms with van der Waals surface area (Å²) in [5, 5.41) is 8.52. The molecule has 0 aromatic carbocycles. The minimum absolute atomic E-state index is 0.193. The molecular weight excluding hydrogens is 220 g/mol. The van der Waals surface area contributed by atoms with Gasteiger partial charge in [0.05, 0.1) is 12.6 Å². The van der Waals surface area contributed by atoms with Crippen molar-refractivity contribution in [2.45, 2.75) is 19.9 Å². The van der Waals surface area contributed by atoms with E-state index in [0.717, 1.165) is 6.54 Å². The molecular formula is C11H16N4O2. The van der Waals surface area contributed by atoms with Crippen LogP contribution in [0.1, 0.15) is 29.7 Å². The van der Waals surface area contributed by atoms with Gasteiger partial charge in [0.25, 0.3) is 0 Å². The number of amides is 1. The minimum atomic E-state index is -0.448. The molecule has 0 bridgehead atoms. The van der Waals surface area contributed by atoms with Crippen LogP contribution >= 0.6 is 0 Å². The Bertz CT molecular complexity index is 408. The summed E-state index contributed by atoms with van der Waals surface area (Å²) in [5.74, 6) is 5.43. The molecule has 92 valence electrons. The zero-order valence-corrected chi connectivity index (χ0v) is 9.77. The molecule has 0 unspecified atom stereocenters. The number of carbonyl (C=O) groups is 1. The van der Waals surface area contributed by atoms with Crippen molar-refractivity contribution in [1.29, 1.82) is 5.26 Å². The zero-order valence-electron chi connectivity index (χ0n) is 9.77. The third-order valence-corrected chi connectivity index (χ3v) is 2.38. The van der Waals surface area contributed by atoms with Crippen molar-refractivity contribution in [3.05, 3.63) is 23.7 Å². The molecule has 1 rings (SSSR count). The number of hydrazine groups is 1. The van der Waals surface area contributed by atoms with E-state index in [1.165, 1.54) is 0 Å². The van der Waals surface area contributed by atoms with Crippen molar-refractivity contribution in [2.75, 3.05) is 13.1 Å². The normalized spacial score (nSPS) is 10.2. The third-order valence-electron chi connectivity index (χ3n) is 2.38. The Morgan fingerprint density at radius 1 is 1.65 bits per heavy atom. The minimum Gasteiger partial charge on any atom is -0.455 e. The highest BCUT2D eigenvalue weighted by Gasteiger charge is 2.11. The highest BCUT2D eigenvalue weighted by atomic mass is 16.4. The molecule has 0 saturated heterocycles. The molecule has 0 radical (unpaired) electrons. The van der Waals surface area contributed by atoms with Crippen LogP contribution in [0.25, 0.3) is 0 Å². The molecule has 0 aliphatic carbocycles. The number of carbonyl (C=O) groups excluding carboxylic acids is 1. The molecule has 1 aromatic heterocycles. The molecule has 0 atom stereocenters. The molecule has 0 saturated carbocycles. The maximum Gasteiger partial charge on any atom is 0.300 e. The summed E-state index contributed by atoms with van der Waals surface area (Å²) < 4.78 is 5.33. The fraction of sp³-hybridized carbons (Fsp3) is 0.455. The Labute approximate surface area is 100.0 Å². The molecule has 6 nitrogen and oxygen atoms in total. The molecule has 6 heteroatoms. The van der Waals surface area contributed by atoms with Gasteiger partial charge >= 0.3 is 5.91 Å². The molecule has 0 aliphatic rings. The van der Waals surface area contributed by atoms with E-state index in [0.29, 0.717) is 25.3 Å². The lowest BCUT2D eigenvalue weighted by molar-refractivity contribution is 0.0922. The average molecular weight is 236 g/mol. The monoisotopic (exact) mass is 236 g/mol. The van der Waals surface area contributed by atoms with E-state index >= 15 is 0 Å². The smallest absolute Gasteiger partial charge is 0.300 e. The Hall–Kier alpha value is -1.84. The molecule has 1 amide bonds. The van der Waals surface area contributed by atoms with E-state index in [1.807, 2.05) is 12.3 Å². The fourth-order valence-electron chi connectivity index (χ4n) is 1.43. The van der Waals surface area contributed by atoms with Crippen molar-refractivity contribution in [3.8, 4) is 6.07 Å². The predicted octanol–water partition coefficient (Wildman–Crippen LogP) is 0.619. The summed E-state index contributed by atoms with van der Waals surface area (Å²) in [6.07, 6.45) is 0.477. The number of nitrogens with two attached hydrogens (primary N) is 1. The van der Waals surface area contributed by atoms with Crippen LogP contribution in [0.4, 0.5) is 0 Å². The summed E-state index contributed by atoms with van der Waals surface area (Å²) in [5.41, 5.74) is 2.01. The molecule has 1 heterocycles. The number of hydrogen-bond acceptors (Lipinski definition) is 5. The van der Waals surface area contributed by atoms with Crippen molar-refractivity contribution in [2.24, 2.45) is 5.84 Å². The predicted molar refractivity (Wildman–Crippen MR) is 61.5 cm³/mol. The quantitative estimate of drug-likeness (QED) is 0.429. The fourth-order valence-corrected chi connectivity index (χ4v) is 1.43. The second kappa shape index (κ2) is 6.68. The van der Waals surface area contributed by atoms with Gasteiger partial charge < -0.3 is 4.42 Å². The van der Waals surface area contributed by atoms with E-state index in [2.05, 4.69) is 11.0 Å². The first-order valence-corrected chi connectivity index (χ1v) is 5.40. The van der Waals surface area contributed by atoms with Gasteiger partial charge in [0.2, 0.25) is 0 Å². The highest BCUT2D eigenvalue weighted by molar-refractivity contribution is 5.90. The Kier molecular flexibility index (Phi) is 5.20. The van der Waals surface area contributed by atoms with Crippen LogP contribution in [0.2, 0.25) is 0 Å². The van der Waals surface area contributed by atoms with E-state index < -0.39 is 5.91 Å². The number of nitrogens with one attached hydrogen (secondary N) is 1. The van der Waals surface area contributed by atoms with Crippen LogP contribution in [0.15, 0.2) is 16.5 Å². The Morgan fingerprint density at radius 2 is 2.41 bits per heavy atom. The van der Waals surface area contributed by atoms with Gasteiger partial charge in [0.15, 0.2) is 5.76 Å². The zero-order chi connectivity index (χ0) is 12.7. The summed E-state index contributed by atoms with van der Waals surface area (Å²) in [6, 6.07) is 5.41. The lowest BCUT2D eigenvalue weighted by Gasteiger charge is -2.16. The van der Waals surface area contributed by atoms with Crippen LogP contribution in [-0.4, -0.2) is 23.9 Å². The second-order valence-electron chi connectivity index (χ2n) is 3.52. The van der Waals surface area contributed by atoms with Crippen LogP contribution in [0.3, 0.4) is 0 Å². The van der Waals surface area contributed by atoms with Crippen molar-refractivity contribution in [1.82, 2.24) is 10.3 Å². The van der Waals surface area contributed by atoms with Crippen molar-refractivity contribution >= 4 is 5.91 Å². The van der Waals surface area contributed by atoms with Gasteiger partial charge in [-0.1, -0.05) is 6.92 Å². The van der Waals surface area contributed by atoms with Gasteiger partial charge in [0, 0.05) is 13.0 Å². The first-order chi connectivity index (χ1) is 8.21. The molecule has 0 spiro atoms. The van der Waals surface area contributed by atoms with Gasteiger partial charge in [-0.3, -0.25) is 15.1 Å².